The highest BCUT2D eigenvalue weighted by Gasteiger charge is 2.29. The predicted molar refractivity (Wildman–Crippen MR) is 156 cm³/mol. The van der Waals surface area contributed by atoms with Crippen LogP contribution in [0.25, 0.3) is 0 Å². The molecule has 0 spiro atoms. The van der Waals surface area contributed by atoms with E-state index >= 15 is 0 Å². The van der Waals surface area contributed by atoms with Crippen LogP contribution in [0.15, 0.2) is 76.7 Å². The highest BCUT2D eigenvalue weighted by atomic mass is 32.2. The Morgan fingerprint density at radius 2 is 1.67 bits per heavy atom. The standard InChI is InChI=1S/C28H31N5O8S/c1-19(2)30-28(35)18-41-24-10-6-21(7-11-24)16-29-31-27(34)17-32(22-8-12-23(40-4)13-9-22)42(38,39)25-14-5-20(3)26(15-25)33(36)37/h5-16,19H,17-18H2,1-4H3,(H,30,35)(H,31,34)/b29-16-. The first-order chi connectivity index (χ1) is 19.9. The molecule has 0 aliphatic heterocycles. The molecule has 42 heavy (non-hydrogen) atoms. The lowest BCUT2D eigenvalue weighted by Crippen LogP contribution is -2.39. The Morgan fingerprint density at radius 1 is 1.02 bits per heavy atom. The summed E-state index contributed by atoms with van der Waals surface area (Å²) in [4.78, 5) is 34.9. The van der Waals surface area contributed by atoms with Crippen molar-refractivity contribution in [3.63, 3.8) is 0 Å². The van der Waals surface area contributed by atoms with Crippen LogP contribution in [0.4, 0.5) is 11.4 Å². The maximum absolute atomic E-state index is 13.6. The number of rotatable bonds is 13. The van der Waals surface area contributed by atoms with Crippen LogP contribution in [0.1, 0.15) is 25.0 Å². The van der Waals surface area contributed by atoms with Gasteiger partial charge < -0.3 is 14.8 Å². The molecule has 0 aliphatic carbocycles. The molecule has 0 saturated carbocycles. The molecule has 0 radical (unpaired) electrons. The number of benzene rings is 3. The van der Waals surface area contributed by atoms with Crippen molar-refractivity contribution >= 4 is 39.4 Å². The number of nitro groups is 1. The molecule has 0 atom stereocenters. The van der Waals surface area contributed by atoms with Crippen molar-refractivity contribution in [2.45, 2.75) is 31.7 Å². The van der Waals surface area contributed by atoms with Crippen molar-refractivity contribution in [3.8, 4) is 11.5 Å². The number of carbonyl (C=O) groups is 2. The number of sulfonamides is 1. The fraction of sp³-hybridized carbons (Fsp3) is 0.250. The van der Waals surface area contributed by atoms with Gasteiger partial charge in [-0.05, 0) is 80.9 Å². The van der Waals surface area contributed by atoms with Crippen LogP contribution < -0.4 is 24.5 Å². The summed E-state index contributed by atoms with van der Waals surface area (Å²) >= 11 is 0. The van der Waals surface area contributed by atoms with Gasteiger partial charge in [0, 0.05) is 17.7 Å². The van der Waals surface area contributed by atoms with Crippen LogP contribution in [0, 0.1) is 17.0 Å². The summed E-state index contributed by atoms with van der Waals surface area (Å²) in [6.07, 6.45) is 1.35. The number of nitro benzene ring substituents is 1. The first-order valence-electron chi connectivity index (χ1n) is 12.7. The zero-order chi connectivity index (χ0) is 30.9. The van der Waals surface area contributed by atoms with Gasteiger partial charge in [0.25, 0.3) is 27.5 Å². The maximum Gasteiger partial charge on any atom is 0.273 e. The number of hydrogen-bond donors (Lipinski definition) is 2. The van der Waals surface area contributed by atoms with E-state index < -0.39 is 27.4 Å². The van der Waals surface area contributed by atoms with Crippen molar-refractivity contribution in [2.24, 2.45) is 5.10 Å². The summed E-state index contributed by atoms with van der Waals surface area (Å²) in [7, 11) is -2.96. The molecule has 0 fully saturated rings. The minimum atomic E-state index is -4.41. The highest BCUT2D eigenvalue weighted by molar-refractivity contribution is 7.92. The van der Waals surface area contributed by atoms with E-state index in [1.165, 1.54) is 56.6 Å². The highest BCUT2D eigenvalue weighted by Crippen LogP contribution is 2.29. The van der Waals surface area contributed by atoms with Gasteiger partial charge in [-0.25, -0.2) is 13.8 Å². The third-order valence-corrected chi connectivity index (χ3v) is 7.49. The topological polar surface area (TPSA) is 170 Å². The number of nitrogens with zero attached hydrogens (tertiary/aromatic N) is 3. The maximum atomic E-state index is 13.6. The molecule has 0 heterocycles. The summed E-state index contributed by atoms with van der Waals surface area (Å²) in [6, 6.07) is 16.1. The molecule has 3 aromatic rings. The third-order valence-electron chi connectivity index (χ3n) is 5.72. The number of nitrogens with one attached hydrogen (secondary N) is 2. The van der Waals surface area contributed by atoms with Crippen molar-refractivity contribution in [1.82, 2.24) is 10.7 Å². The average molecular weight is 598 g/mol. The van der Waals surface area contributed by atoms with E-state index in [1.54, 1.807) is 24.3 Å². The fourth-order valence-electron chi connectivity index (χ4n) is 3.64. The van der Waals surface area contributed by atoms with Gasteiger partial charge in [-0.2, -0.15) is 5.10 Å². The minimum Gasteiger partial charge on any atom is -0.497 e. The van der Waals surface area contributed by atoms with Crippen molar-refractivity contribution < 1.29 is 32.4 Å². The van der Waals surface area contributed by atoms with Gasteiger partial charge in [0.15, 0.2) is 6.61 Å². The van der Waals surface area contributed by atoms with Gasteiger partial charge in [0.05, 0.1) is 28.8 Å². The average Bonchev–Trinajstić information content (AvgIpc) is 2.95. The second-order valence-electron chi connectivity index (χ2n) is 9.29. The largest absolute Gasteiger partial charge is 0.497 e. The first-order valence-corrected chi connectivity index (χ1v) is 14.1. The molecule has 14 heteroatoms. The van der Waals surface area contributed by atoms with E-state index in [-0.39, 0.29) is 34.8 Å². The van der Waals surface area contributed by atoms with E-state index in [2.05, 4.69) is 15.8 Å². The summed E-state index contributed by atoms with van der Waals surface area (Å²) in [5.74, 6) is -0.0776. The molecule has 2 amide bonds. The van der Waals surface area contributed by atoms with E-state index in [4.69, 9.17) is 9.47 Å². The van der Waals surface area contributed by atoms with Crippen LogP contribution in [-0.2, 0) is 19.6 Å². The number of hydrazone groups is 1. The Morgan fingerprint density at radius 3 is 2.26 bits per heavy atom. The first kappa shape index (κ1) is 31.5. The van der Waals surface area contributed by atoms with Gasteiger partial charge in [-0.3, -0.25) is 24.0 Å². The quantitative estimate of drug-likeness (QED) is 0.172. The second kappa shape index (κ2) is 14.1. The number of anilines is 1. The fourth-order valence-corrected chi connectivity index (χ4v) is 5.09. The lowest BCUT2D eigenvalue weighted by Gasteiger charge is -2.24. The Hall–Kier alpha value is -4.98. The molecule has 0 saturated heterocycles. The molecule has 222 valence electrons. The van der Waals surface area contributed by atoms with E-state index in [0.29, 0.717) is 22.6 Å². The molecule has 2 N–H and O–H groups in total. The summed E-state index contributed by atoms with van der Waals surface area (Å²) in [5, 5.41) is 18.0. The molecule has 13 nitrogen and oxygen atoms in total. The van der Waals surface area contributed by atoms with Crippen molar-refractivity contribution in [1.29, 1.82) is 0 Å². The number of carbonyl (C=O) groups excluding carboxylic acids is 2. The minimum absolute atomic E-state index is 0.00217. The van der Waals surface area contributed by atoms with Gasteiger partial charge in [-0.1, -0.05) is 6.07 Å². The Kier molecular flexibility index (Phi) is 10.6. The van der Waals surface area contributed by atoms with Crippen LogP contribution in [0.2, 0.25) is 0 Å². The molecule has 0 aliphatic rings. The number of aryl methyl sites for hydroxylation is 1. The lowest BCUT2D eigenvalue weighted by molar-refractivity contribution is -0.385. The zero-order valence-electron chi connectivity index (χ0n) is 23.4. The van der Waals surface area contributed by atoms with Crippen LogP contribution in [0.5, 0.6) is 11.5 Å². The van der Waals surface area contributed by atoms with Gasteiger partial charge in [-0.15, -0.1) is 0 Å². The van der Waals surface area contributed by atoms with E-state index in [0.717, 1.165) is 10.4 Å². The van der Waals surface area contributed by atoms with Crippen LogP contribution >= 0.6 is 0 Å². The third kappa shape index (κ3) is 8.51. The smallest absolute Gasteiger partial charge is 0.273 e. The number of ether oxygens (including phenoxy) is 2. The molecule has 0 bridgehead atoms. The van der Waals surface area contributed by atoms with E-state index in [9.17, 15) is 28.1 Å². The van der Waals surface area contributed by atoms with Crippen molar-refractivity contribution in [2.75, 3.05) is 24.6 Å². The second-order valence-corrected chi connectivity index (χ2v) is 11.2. The van der Waals surface area contributed by atoms with Crippen molar-refractivity contribution in [3.05, 3.63) is 88.0 Å². The normalized spacial score (nSPS) is 11.3. The van der Waals surface area contributed by atoms with Gasteiger partial charge in [0.1, 0.15) is 18.0 Å². The van der Waals surface area contributed by atoms with Crippen LogP contribution in [-0.4, -0.2) is 57.7 Å². The predicted octanol–water partition coefficient (Wildman–Crippen LogP) is 3.16. The number of amides is 2. The number of methoxy groups -OCH3 is 1. The Labute approximate surface area is 243 Å². The molecular formula is C28H31N5O8S. The number of hydrogen-bond acceptors (Lipinski definition) is 9. The molecular weight excluding hydrogens is 566 g/mol. The molecule has 0 aromatic heterocycles. The van der Waals surface area contributed by atoms with Gasteiger partial charge in [0.2, 0.25) is 0 Å². The molecule has 0 unspecified atom stereocenters. The summed E-state index contributed by atoms with van der Waals surface area (Å²) < 4.78 is 38.6. The Bertz CT molecular complexity index is 1560. The molecule has 3 aromatic carbocycles. The van der Waals surface area contributed by atoms with Crippen LogP contribution in [0.3, 0.4) is 0 Å². The summed E-state index contributed by atoms with van der Waals surface area (Å²) in [6.45, 7) is 4.38. The Balaban J connectivity index is 1.74. The summed E-state index contributed by atoms with van der Waals surface area (Å²) in [5.41, 5.74) is 2.95. The monoisotopic (exact) mass is 597 g/mol. The zero-order valence-corrected chi connectivity index (χ0v) is 24.3. The lowest BCUT2D eigenvalue weighted by atomic mass is 10.2. The SMILES string of the molecule is COc1ccc(N(CC(=O)N/N=C\c2ccc(OCC(=O)NC(C)C)cc2)S(=O)(=O)c2ccc(C)c([N+](=O)[O-])c2)cc1. The molecule has 3 rings (SSSR count). The van der Waals surface area contributed by atoms with Gasteiger partial charge >= 0.3 is 0 Å². The van der Waals surface area contributed by atoms with E-state index in [1.807, 2.05) is 13.8 Å².